The average molecular weight is 255 g/mol. The van der Waals surface area contributed by atoms with Crippen LogP contribution in [0.5, 0.6) is 0 Å². The molecule has 0 amide bonds. The lowest BCUT2D eigenvalue weighted by Gasteiger charge is -2.27. The summed E-state index contributed by atoms with van der Waals surface area (Å²) in [5.74, 6) is 1.13. The number of nitrogens with zero attached hydrogens (tertiary/aromatic N) is 2. The van der Waals surface area contributed by atoms with E-state index in [0.717, 1.165) is 25.7 Å². The second-order valence-electron chi connectivity index (χ2n) is 4.49. The summed E-state index contributed by atoms with van der Waals surface area (Å²) in [6, 6.07) is -0.177. The molecule has 0 spiro atoms. The Morgan fingerprint density at radius 2 is 1.94 bits per heavy atom. The molecule has 0 fully saturated rings. The third-order valence-electron chi connectivity index (χ3n) is 3.33. The minimum absolute atomic E-state index is 0.177. The maximum atomic E-state index is 5.98. The van der Waals surface area contributed by atoms with Gasteiger partial charge >= 0.3 is 0 Å². The lowest BCUT2D eigenvalue weighted by Crippen LogP contribution is -2.30. The number of nitrogens with two attached hydrogens (primary N) is 1. The van der Waals surface area contributed by atoms with Crippen LogP contribution in [0.1, 0.15) is 71.1 Å². The van der Waals surface area contributed by atoms with Crippen molar-refractivity contribution in [2.75, 3.05) is 6.61 Å². The van der Waals surface area contributed by atoms with Crippen LogP contribution in [-0.4, -0.2) is 16.7 Å². The number of ether oxygens (including phenoxy) is 1. The van der Waals surface area contributed by atoms with Crippen LogP contribution in [0.15, 0.2) is 4.52 Å². The quantitative estimate of drug-likeness (QED) is 0.773. The van der Waals surface area contributed by atoms with Crippen molar-refractivity contribution in [3.05, 3.63) is 11.7 Å². The van der Waals surface area contributed by atoms with Gasteiger partial charge in [-0.25, -0.2) is 0 Å². The van der Waals surface area contributed by atoms with E-state index in [2.05, 4.69) is 30.9 Å². The standard InChI is InChI=1S/C13H25N3O2/c1-5-9-10(14)11-15-12(16-18-11)13(6-2,7-3)17-8-4/h10H,5-9,14H2,1-4H3/t10-/m1/s1. The summed E-state index contributed by atoms with van der Waals surface area (Å²) >= 11 is 0. The zero-order chi connectivity index (χ0) is 13.6. The smallest absolute Gasteiger partial charge is 0.243 e. The molecule has 0 aliphatic rings. The molecular weight excluding hydrogens is 230 g/mol. The molecule has 0 radical (unpaired) electrons. The summed E-state index contributed by atoms with van der Waals surface area (Å²) in [6.07, 6.45) is 3.48. The van der Waals surface area contributed by atoms with Gasteiger partial charge in [0.05, 0.1) is 6.04 Å². The van der Waals surface area contributed by atoms with Crippen LogP contribution in [0.25, 0.3) is 0 Å². The molecule has 1 aromatic heterocycles. The van der Waals surface area contributed by atoms with Crippen LogP contribution in [0.4, 0.5) is 0 Å². The molecule has 0 bridgehead atoms. The molecular formula is C13H25N3O2. The lowest BCUT2D eigenvalue weighted by atomic mass is 9.96. The molecule has 1 heterocycles. The fourth-order valence-corrected chi connectivity index (χ4v) is 2.12. The molecule has 18 heavy (non-hydrogen) atoms. The van der Waals surface area contributed by atoms with Crippen LogP contribution in [0, 0.1) is 0 Å². The van der Waals surface area contributed by atoms with Gasteiger partial charge in [-0.15, -0.1) is 0 Å². The normalized spacial score (nSPS) is 13.8. The van der Waals surface area contributed by atoms with E-state index in [1.807, 2.05) is 6.92 Å². The number of aromatic nitrogens is 2. The molecule has 1 rings (SSSR count). The molecule has 104 valence electrons. The Bertz CT molecular complexity index is 348. The van der Waals surface area contributed by atoms with Crippen LogP contribution in [0.2, 0.25) is 0 Å². The van der Waals surface area contributed by atoms with Crippen LogP contribution in [0.3, 0.4) is 0 Å². The zero-order valence-corrected chi connectivity index (χ0v) is 11.9. The van der Waals surface area contributed by atoms with E-state index in [-0.39, 0.29) is 6.04 Å². The van der Waals surface area contributed by atoms with Gasteiger partial charge in [-0.3, -0.25) is 0 Å². The van der Waals surface area contributed by atoms with Crippen LogP contribution < -0.4 is 5.73 Å². The maximum absolute atomic E-state index is 5.98. The molecule has 1 aromatic rings. The Labute approximate surface area is 109 Å². The topological polar surface area (TPSA) is 74.2 Å². The van der Waals surface area contributed by atoms with E-state index in [1.54, 1.807) is 0 Å². The van der Waals surface area contributed by atoms with Gasteiger partial charge in [0.1, 0.15) is 5.60 Å². The summed E-state index contributed by atoms with van der Waals surface area (Å²) in [4.78, 5) is 4.43. The molecule has 5 heteroatoms. The highest BCUT2D eigenvalue weighted by molar-refractivity contribution is 5.02. The number of hydrogen-bond donors (Lipinski definition) is 1. The Morgan fingerprint density at radius 3 is 2.44 bits per heavy atom. The molecule has 5 nitrogen and oxygen atoms in total. The Hall–Kier alpha value is -0.940. The Balaban J connectivity index is 2.93. The molecule has 1 atom stereocenters. The van der Waals surface area contributed by atoms with Crippen molar-refractivity contribution >= 4 is 0 Å². The molecule has 2 N–H and O–H groups in total. The van der Waals surface area contributed by atoms with Crippen molar-refractivity contribution in [3.63, 3.8) is 0 Å². The SMILES string of the molecule is CCC[C@@H](N)c1nc(C(CC)(CC)OCC)no1. The van der Waals surface area contributed by atoms with Crippen molar-refractivity contribution in [2.45, 2.75) is 65.0 Å². The van der Waals surface area contributed by atoms with Gasteiger partial charge < -0.3 is 15.0 Å². The fourth-order valence-electron chi connectivity index (χ4n) is 2.12. The second kappa shape index (κ2) is 6.85. The van der Waals surface area contributed by atoms with Crippen molar-refractivity contribution in [3.8, 4) is 0 Å². The average Bonchev–Trinajstić information content (AvgIpc) is 2.86. The van der Waals surface area contributed by atoms with Gasteiger partial charge in [0, 0.05) is 6.61 Å². The number of hydrogen-bond acceptors (Lipinski definition) is 5. The van der Waals surface area contributed by atoms with Crippen molar-refractivity contribution in [2.24, 2.45) is 5.73 Å². The van der Waals surface area contributed by atoms with Crippen LogP contribution >= 0.6 is 0 Å². The van der Waals surface area contributed by atoms with E-state index in [4.69, 9.17) is 15.0 Å². The molecule has 0 unspecified atom stereocenters. The highest BCUT2D eigenvalue weighted by Gasteiger charge is 2.35. The van der Waals surface area contributed by atoms with Gasteiger partial charge in [-0.05, 0) is 26.2 Å². The Kier molecular flexibility index (Phi) is 5.75. The van der Waals surface area contributed by atoms with Gasteiger partial charge in [-0.1, -0.05) is 32.3 Å². The van der Waals surface area contributed by atoms with Crippen LogP contribution in [-0.2, 0) is 10.3 Å². The van der Waals surface area contributed by atoms with Gasteiger partial charge in [0.15, 0.2) is 0 Å². The highest BCUT2D eigenvalue weighted by Crippen LogP contribution is 2.31. The molecule has 0 aliphatic heterocycles. The molecule has 0 saturated heterocycles. The first-order valence-electron chi connectivity index (χ1n) is 6.87. The minimum atomic E-state index is -0.442. The molecule has 0 aliphatic carbocycles. The van der Waals surface area contributed by atoms with Gasteiger partial charge in [-0.2, -0.15) is 4.98 Å². The monoisotopic (exact) mass is 255 g/mol. The van der Waals surface area contributed by atoms with E-state index in [9.17, 15) is 0 Å². The molecule has 0 aromatic carbocycles. The fraction of sp³-hybridized carbons (Fsp3) is 0.846. The summed E-state index contributed by atoms with van der Waals surface area (Å²) in [6.45, 7) is 8.83. The Morgan fingerprint density at radius 1 is 1.28 bits per heavy atom. The highest BCUT2D eigenvalue weighted by atomic mass is 16.5. The van der Waals surface area contributed by atoms with E-state index >= 15 is 0 Å². The number of rotatable bonds is 8. The van der Waals surface area contributed by atoms with E-state index in [0.29, 0.717) is 18.3 Å². The third kappa shape index (κ3) is 3.09. The second-order valence-corrected chi connectivity index (χ2v) is 4.49. The summed E-state index contributed by atoms with van der Waals surface area (Å²) < 4.78 is 11.1. The van der Waals surface area contributed by atoms with Gasteiger partial charge in [0.2, 0.25) is 11.7 Å². The lowest BCUT2D eigenvalue weighted by molar-refractivity contribution is -0.0583. The van der Waals surface area contributed by atoms with Crippen molar-refractivity contribution in [1.29, 1.82) is 0 Å². The third-order valence-corrected chi connectivity index (χ3v) is 3.33. The summed E-state index contributed by atoms with van der Waals surface area (Å²) in [5.41, 5.74) is 5.54. The minimum Gasteiger partial charge on any atom is -0.367 e. The first kappa shape index (κ1) is 15.1. The predicted molar refractivity (Wildman–Crippen MR) is 70.0 cm³/mol. The maximum Gasteiger partial charge on any atom is 0.243 e. The first-order valence-corrected chi connectivity index (χ1v) is 6.87. The van der Waals surface area contributed by atoms with Crippen molar-refractivity contribution in [1.82, 2.24) is 10.1 Å². The molecule has 0 saturated carbocycles. The summed E-state index contributed by atoms with van der Waals surface area (Å²) in [7, 11) is 0. The van der Waals surface area contributed by atoms with E-state index in [1.165, 1.54) is 0 Å². The zero-order valence-electron chi connectivity index (χ0n) is 11.9. The first-order chi connectivity index (χ1) is 8.63. The van der Waals surface area contributed by atoms with Gasteiger partial charge in [0.25, 0.3) is 0 Å². The summed E-state index contributed by atoms with van der Waals surface area (Å²) in [5, 5.41) is 4.06. The van der Waals surface area contributed by atoms with E-state index < -0.39 is 5.60 Å². The largest absolute Gasteiger partial charge is 0.367 e. The van der Waals surface area contributed by atoms with Crippen molar-refractivity contribution < 1.29 is 9.26 Å². The predicted octanol–water partition coefficient (Wildman–Crippen LogP) is 2.92.